The van der Waals surface area contributed by atoms with E-state index in [2.05, 4.69) is 0 Å². The van der Waals surface area contributed by atoms with Gasteiger partial charge >= 0.3 is 5.97 Å². The minimum absolute atomic E-state index is 0.234. The molecule has 0 aliphatic rings. The third-order valence-corrected chi connectivity index (χ3v) is 3.04. The molecule has 130 valence electrons. The highest BCUT2D eigenvalue weighted by Crippen LogP contribution is 2.07. The molecule has 22 heavy (non-hydrogen) atoms. The molecule has 0 aromatic rings. The average molecular weight is 316 g/mol. The van der Waals surface area contributed by atoms with Gasteiger partial charge in [-0.15, -0.1) is 0 Å². The Labute approximate surface area is 134 Å². The first-order valence-corrected chi connectivity index (χ1v) is 8.00. The van der Waals surface area contributed by atoms with E-state index in [1.807, 2.05) is 44.4 Å². The van der Waals surface area contributed by atoms with E-state index >= 15 is 0 Å². The summed E-state index contributed by atoms with van der Waals surface area (Å²) in [7, 11) is 0. The molecule has 0 aliphatic heterocycles. The number of likely N-dealkylation sites (N-methyl/N-ethyl adjacent to an activating group) is 1. The van der Waals surface area contributed by atoms with Gasteiger partial charge in [-0.2, -0.15) is 0 Å². The monoisotopic (exact) mass is 316 g/mol. The minimum Gasteiger partial charge on any atom is -0.459 e. The van der Waals surface area contributed by atoms with Gasteiger partial charge in [-0.25, -0.2) is 0 Å². The standard InChI is InChI=1S/C16H32N2O4/c1-6-17(10-12-19)8-9-18(11-13-21-7-2)14-15(20)22-16(3,4)5/h12H,6-11,13-14H2,1-5H3. The second-order valence-corrected chi connectivity index (χ2v) is 6.12. The Bertz CT molecular complexity index is 316. The second kappa shape index (κ2) is 11.6. The zero-order valence-corrected chi connectivity index (χ0v) is 14.8. The maximum absolute atomic E-state index is 12.0. The molecule has 0 rings (SSSR count). The van der Waals surface area contributed by atoms with Crippen LogP contribution in [0.15, 0.2) is 0 Å². The van der Waals surface area contributed by atoms with E-state index in [4.69, 9.17) is 9.47 Å². The van der Waals surface area contributed by atoms with E-state index < -0.39 is 5.60 Å². The summed E-state index contributed by atoms with van der Waals surface area (Å²) in [5, 5.41) is 0. The topological polar surface area (TPSA) is 59.1 Å². The lowest BCUT2D eigenvalue weighted by molar-refractivity contribution is -0.156. The zero-order chi connectivity index (χ0) is 17.0. The lowest BCUT2D eigenvalue weighted by Gasteiger charge is -2.27. The molecule has 0 aromatic carbocycles. The van der Waals surface area contributed by atoms with Gasteiger partial charge in [-0.1, -0.05) is 6.92 Å². The fourth-order valence-electron chi connectivity index (χ4n) is 1.93. The van der Waals surface area contributed by atoms with E-state index in [0.717, 1.165) is 19.4 Å². The lowest BCUT2D eigenvalue weighted by Crippen LogP contribution is -2.41. The first-order valence-electron chi connectivity index (χ1n) is 8.00. The van der Waals surface area contributed by atoms with E-state index in [-0.39, 0.29) is 12.5 Å². The lowest BCUT2D eigenvalue weighted by atomic mass is 10.2. The van der Waals surface area contributed by atoms with E-state index in [9.17, 15) is 9.59 Å². The molecular weight excluding hydrogens is 284 g/mol. The summed E-state index contributed by atoms with van der Waals surface area (Å²) in [5.41, 5.74) is -0.477. The Morgan fingerprint density at radius 1 is 1.09 bits per heavy atom. The summed E-state index contributed by atoms with van der Waals surface area (Å²) in [6.07, 6.45) is 0.905. The molecule has 0 bridgehead atoms. The molecule has 0 unspecified atom stereocenters. The van der Waals surface area contributed by atoms with Crippen LogP contribution in [0.3, 0.4) is 0 Å². The minimum atomic E-state index is -0.477. The number of hydrogen-bond acceptors (Lipinski definition) is 6. The number of rotatable bonds is 12. The van der Waals surface area contributed by atoms with Crippen LogP contribution in [-0.4, -0.2) is 80.1 Å². The highest BCUT2D eigenvalue weighted by molar-refractivity contribution is 5.72. The van der Waals surface area contributed by atoms with Crippen molar-refractivity contribution in [3.05, 3.63) is 0 Å². The van der Waals surface area contributed by atoms with Gasteiger partial charge in [0.05, 0.1) is 19.7 Å². The van der Waals surface area contributed by atoms with Crippen molar-refractivity contribution in [2.75, 3.05) is 52.5 Å². The third kappa shape index (κ3) is 11.7. The van der Waals surface area contributed by atoms with Crippen LogP contribution in [0.25, 0.3) is 0 Å². The second-order valence-electron chi connectivity index (χ2n) is 6.12. The largest absolute Gasteiger partial charge is 0.459 e. The normalized spacial score (nSPS) is 12.0. The van der Waals surface area contributed by atoms with Crippen molar-refractivity contribution in [2.24, 2.45) is 0 Å². The molecule has 0 saturated carbocycles. The SMILES string of the molecule is CCOCCN(CCN(CC)CC=O)CC(=O)OC(C)(C)C. The van der Waals surface area contributed by atoms with Crippen LogP contribution in [-0.2, 0) is 19.1 Å². The molecule has 0 fully saturated rings. The third-order valence-electron chi connectivity index (χ3n) is 3.04. The van der Waals surface area contributed by atoms with E-state index in [1.54, 1.807) is 0 Å². The van der Waals surface area contributed by atoms with Gasteiger partial charge in [0.2, 0.25) is 0 Å². The summed E-state index contributed by atoms with van der Waals surface area (Å²) < 4.78 is 10.7. The summed E-state index contributed by atoms with van der Waals surface area (Å²) in [5.74, 6) is -0.234. The van der Waals surface area contributed by atoms with Gasteiger partial charge in [0, 0.05) is 26.2 Å². The van der Waals surface area contributed by atoms with Crippen LogP contribution in [0.1, 0.15) is 34.6 Å². The predicted molar refractivity (Wildman–Crippen MR) is 87.0 cm³/mol. The van der Waals surface area contributed by atoms with Crippen molar-refractivity contribution >= 4 is 12.3 Å². The number of carbonyl (C=O) groups excluding carboxylic acids is 2. The van der Waals surface area contributed by atoms with Gasteiger partial charge in [-0.05, 0) is 34.2 Å². The Kier molecular flexibility index (Phi) is 11.1. The van der Waals surface area contributed by atoms with Crippen molar-refractivity contribution in [2.45, 2.75) is 40.2 Å². The first-order chi connectivity index (χ1) is 10.3. The molecule has 0 heterocycles. The number of ether oxygens (including phenoxy) is 2. The van der Waals surface area contributed by atoms with Gasteiger partial charge in [-0.3, -0.25) is 14.6 Å². The molecule has 0 saturated heterocycles. The molecule has 0 amide bonds. The van der Waals surface area contributed by atoms with Crippen LogP contribution < -0.4 is 0 Å². The molecule has 6 heteroatoms. The smallest absolute Gasteiger partial charge is 0.320 e. The highest BCUT2D eigenvalue weighted by atomic mass is 16.6. The van der Waals surface area contributed by atoms with Crippen molar-refractivity contribution in [3.8, 4) is 0 Å². The molecule has 0 aliphatic carbocycles. The molecule has 0 N–H and O–H groups in total. The van der Waals surface area contributed by atoms with Gasteiger partial charge in [0.1, 0.15) is 11.9 Å². The maximum atomic E-state index is 12.0. The summed E-state index contributed by atoms with van der Waals surface area (Å²) in [4.78, 5) is 26.6. The number of hydrogen-bond donors (Lipinski definition) is 0. The molecule has 0 spiro atoms. The Morgan fingerprint density at radius 3 is 2.23 bits per heavy atom. The number of aldehydes is 1. The fraction of sp³-hybridized carbons (Fsp3) is 0.875. The van der Waals surface area contributed by atoms with Crippen LogP contribution in [0, 0.1) is 0 Å². The number of carbonyl (C=O) groups is 2. The van der Waals surface area contributed by atoms with E-state index in [0.29, 0.717) is 32.8 Å². The Balaban J connectivity index is 4.41. The summed E-state index contributed by atoms with van der Waals surface area (Å²) >= 11 is 0. The van der Waals surface area contributed by atoms with Gasteiger partial charge in [0.15, 0.2) is 0 Å². The molecule has 0 radical (unpaired) electrons. The molecular formula is C16H32N2O4. The average Bonchev–Trinajstić information content (AvgIpc) is 2.41. The van der Waals surface area contributed by atoms with Gasteiger partial charge in [0.25, 0.3) is 0 Å². The quantitative estimate of drug-likeness (QED) is 0.306. The summed E-state index contributed by atoms with van der Waals surface area (Å²) in [6, 6.07) is 0. The first kappa shape index (κ1) is 21.0. The molecule has 0 atom stereocenters. The van der Waals surface area contributed by atoms with Crippen molar-refractivity contribution in [1.82, 2.24) is 9.80 Å². The van der Waals surface area contributed by atoms with Crippen LogP contribution >= 0.6 is 0 Å². The van der Waals surface area contributed by atoms with Crippen molar-refractivity contribution in [3.63, 3.8) is 0 Å². The van der Waals surface area contributed by atoms with Crippen LogP contribution in [0.4, 0.5) is 0 Å². The fourth-order valence-corrected chi connectivity index (χ4v) is 1.93. The van der Waals surface area contributed by atoms with Crippen LogP contribution in [0.2, 0.25) is 0 Å². The molecule has 6 nitrogen and oxygen atoms in total. The maximum Gasteiger partial charge on any atom is 0.320 e. The van der Waals surface area contributed by atoms with Crippen molar-refractivity contribution in [1.29, 1.82) is 0 Å². The summed E-state index contributed by atoms with van der Waals surface area (Å²) in [6.45, 7) is 14.4. The Morgan fingerprint density at radius 2 is 1.73 bits per heavy atom. The number of nitrogens with zero attached hydrogens (tertiary/aromatic N) is 2. The van der Waals surface area contributed by atoms with E-state index in [1.165, 1.54) is 0 Å². The van der Waals surface area contributed by atoms with Crippen LogP contribution in [0.5, 0.6) is 0 Å². The predicted octanol–water partition coefficient (Wildman–Crippen LogP) is 1.19. The molecule has 0 aromatic heterocycles. The number of esters is 1. The van der Waals surface area contributed by atoms with Gasteiger partial charge < -0.3 is 14.3 Å². The highest BCUT2D eigenvalue weighted by Gasteiger charge is 2.19. The Hall–Kier alpha value is -0.980. The van der Waals surface area contributed by atoms with Crippen molar-refractivity contribution < 1.29 is 19.1 Å². The zero-order valence-electron chi connectivity index (χ0n) is 14.8.